The van der Waals surface area contributed by atoms with Crippen molar-refractivity contribution in [1.29, 1.82) is 5.26 Å². The molecule has 2 rings (SSSR count). The molecule has 2 aromatic rings. The maximum absolute atomic E-state index is 11.9. The Morgan fingerprint density at radius 2 is 2.25 bits per heavy atom. The van der Waals surface area contributed by atoms with Gasteiger partial charge in [-0.15, -0.1) is 0 Å². The topological polar surface area (TPSA) is 99.9 Å². The summed E-state index contributed by atoms with van der Waals surface area (Å²) in [5, 5.41) is 8.78. The monoisotopic (exact) mass is 269 g/mol. The molecule has 100 valence electrons. The molecule has 0 aliphatic carbocycles. The number of anilines is 1. The highest BCUT2D eigenvalue weighted by molar-refractivity contribution is 5.95. The van der Waals surface area contributed by atoms with Crippen LogP contribution in [0.1, 0.15) is 15.9 Å². The van der Waals surface area contributed by atoms with Gasteiger partial charge in [-0.05, 0) is 18.2 Å². The van der Waals surface area contributed by atoms with Gasteiger partial charge in [-0.1, -0.05) is 6.07 Å². The molecule has 1 heterocycles. The van der Waals surface area contributed by atoms with Crippen molar-refractivity contribution in [1.82, 2.24) is 15.4 Å². The molecule has 7 heteroatoms. The van der Waals surface area contributed by atoms with E-state index in [4.69, 9.17) is 10.00 Å². The molecule has 0 unspecified atom stereocenters. The molecule has 0 atom stereocenters. The van der Waals surface area contributed by atoms with Crippen molar-refractivity contribution in [3.63, 3.8) is 0 Å². The van der Waals surface area contributed by atoms with Gasteiger partial charge in [0.25, 0.3) is 5.91 Å². The highest BCUT2D eigenvalue weighted by Gasteiger charge is 2.06. The third-order valence-electron chi connectivity index (χ3n) is 2.38. The molecule has 7 nitrogen and oxygen atoms in total. The lowest BCUT2D eigenvalue weighted by atomic mass is 10.1. The summed E-state index contributed by atoms with van der Waals surface area (Å²) in [4.78, 5) is 19.8. The second-order valence-corrected chi connectivity index (χ2v) is 3.69. The SMILES string of the molecule is COc1ccnc(NNC(=O)c2cccc(C#N)c2)n1. The molecule has 0 spiro atoms. The van der Waals surface area contributed by atoms with E-state index in [0.717, 1.165) is 0 Å². The van der Waals surface area contributed by atoms with Crippen molar-refractivity contribution in [2.75, 3.05) is 12.5 Å². The average Bonchev–Trinajstić information content (AvgIpc) is 2.52. The molecule has 0 radical (unpaired) electrons. The lowest BCUT2D eigenvalue weighted by Crippen LogP contribution is -2.30. The summed E-state index contributed by atoms with van der Waals surface area (Å²) in [5.41, 5.74) is 5.78. The van der Waals surface area contributed by atoms with Crippen LogP contribution in [-0.4, -0.2) is 23.0 Å². The maximum atomic E-state index is 11.9. The molecule has 1 aromatic carbocycles. The van der Waals surface area contributed by atoms with E-state index in [1.54, 1.807) is 24.3 Å². The summed E-state index contributed by atoms with van der Waals surface area (Å²) < 4.78 is 4.94. The number of amides is 1. The van der Waals surface area contributed by atoms with Crippen molar-refractivity contribution in [2.24, 2.45) is 0 Å². The van der Waals surface area contributed by atoms with Crippen LogP contribution in [0.3, 0.4) is 0 Å². The number of carbonyl (C=O) groups is 1. The molecule has 0 fully saturated rings. The van der Waals surface area contributed by atoms with Crippen LogP contribution in [0.5, 0.6) is 5.88 Å². The number of nitriles is 1. The zero-order valence-corrected chi connectivity index (χ0v) is 10.6. The number of hydrazine groups is 1. The van der Waals surface area contributed by atoms with Gasteiger partial charge in [0.05, 0.1) is 18.7 Å². The molecule has 1 amide bonds. The third-order valence-corrected chi connectivity index (χ3v) is 2.38. The quantitative estimate of drug-likeness (QED) is 0.806. The normalized spacial score (nSPS) is 9.40. The fraction of sp³-hybridized carbons (Fsp3) is 0.0769. The standard InChI is InChI=1S/C13H11N5O2/c1-20-11-5-6-15-13(16-11)18-17-12(19)10-4-2-3-9(7-10)8-14/h2-7H,1H3,(H,17,19)(H,15,16,18). The molecule has 20 heavy (non-hydrogen) atoms. The lowest BCUT2D eigenvalue weighted by molar-refractivity contribution is 0.0962. The number of rotatable bonds is 4. The number of nitrogens with one attached hydrogen (secondary N) is 2. The number of methoxy groups -OCH3 is 1. The number of hydrogen-bond acceptors (Lipinski definition) is 6. The Balaban J connectivity index is 2.03. The largest absolute Gasteiger partial charge is 0.481 e. The van der Waals surface area contributed by atoms with Gasteiger partial charge < -0.3 is 4.74 Å². The smallest absolute Gasteiger partial charge is 0.269 e. The van der Waals surface area contributed by atoms with Crippen LogP contribution in [0.2, 0.25) is 0 Å². The number of benzene rings is 1. The van der Waals surface area contributed by atoms with E-state index in [1.165, 1.54) is 19.4 Å². The first-order valence-corrected chi connectivity index (χ1v) is 5.66. The van der Waals surface area contributed by atoms with Crippen molar-refractivity contribution < 1.29 is 9.53 Å². The molecule has 0 saturated heterocycles. The average molecular weight is 269 g/mol. The van der Waals surface area contributed by atoms with Gasteiger partial charge in [-0.3, -0.25) is 15.6 Å². The molecule has 0 bridgehead atoms. The van der Waals surface area contributed by atoms with Gasteiger partial charge in [0.2, 0.25) is 11.8 Å². The summed E-state index contributed by atoms with van der Waals surface area (Å²) in [5.74, 6) is 0.186. The first-order chi connectivity index (χ1) is 9.72. The Labute approximate surface area is 115 Å². The summed E-state index contributed by atoms with van der Waals surface area (Å²) in [6, 6.07) is 9.90. The van der Waals surface area contributed by atoms with Gasteiger partial charge in [-0.25, -0.2) is 4.98 Å². The minimum absolute atomic E-state index is 0.203. The number of nitrogens with zero attached hydrogens (tertiary/aromatic N) is 3. The molecular weight excluding hydrogens is 258 g/mol. The van der Waals surface area contributed by atoms with E-state index in [1.807, 2.05) is 6.07 Å². The molecule has 0 saturated carbocycles. The summed E-state index contributed by atoms with van der Waals surface area (Å²) in [6.45, 7) is 0. The second-order valence-electron chi connectivity index (χ2n) is 3.69. The maximum Gasteiger partial charge on any atom is 0.269 e. The molecular formula is C13H11N5O2. The highest BCUT2D eigenvalue weighted by atomic mass is 16.5. The predicted molar refractivity (Wildman–Crippen MR) is 70.8 cm³/mol. The van der Waals surface area contributed by atoms with Crippen LogP contribution in [0.4, 0.5) is 5.95 Å². The fourth-order valence-electron chi connectivity index (χ4n) is 1.43. The van der Waals surface area contributed by atoms with E-state index in [-0.39, 0.29) is 5.95 Å². The van der Waals surface area contributed by atoms with Crippen molar-refractivity contribution in [2.45, 2.75) is 0 Å². The van der Waals surface area contributed by atoms with Gasteiger partial charge in [0, 0.05) is 17.8 Å². The van der Waals surface area contributed by atoms with E-state index in [0.29, 0.717) is 17.0 Å². The van der Waals surface area contributed by atoms with Crippen molar-refractivity contribution in [3.8, 4) is 11.9 Å². The highest BCUT2D eigenvalue weighted by Crippen LogP contribution is 2.07. The second kappa shape index (κ2) is 6.15. The zero-order valence-electron chi connectivity index (χ0n) is 10.6. The predicted octanol–water partition coefficient (Wildman–Crippen LogP) is 1.11. The molecule has 0 aliphatic heterocycles. The van der Waals surface area contributed by atoms with E-state index in [9.17, 15) is 4.79 Å². The van der Waals surface area contributed by atoms with E-state index in [2.05, 4.69) is 20.8 Å². The molecule has 1 aromatic heterocycles. The number of hydrogen-bond donors (Lipinski definition) is 2. The first kappa shape index (κ1) is 13.3. The summed E-state index contributed by atoms with van der Waals surface area (Å²) in [7, 11) is 1.48. The van der Waals surface area contributed by atoms with Crippen LogP contribution in [-0.2, 0) is 0 Å². The van der Waals surface area contributed by atoms with Crippen LogP contribution < -0.4 is 15.6 Å². The minimum atomic E-state index is -0.395. The van der Waals surface area contributed by atoms with Crippen LogP contribution in [0.15, 0.2) is 36.5 Å². The number of ether oxygens (including phenoxy) is 1. The van der Waals surface area contributed by atoms with Crippen LogP contribution in [0.25, 0.3) is 0 Å². The van der Waals surface area contributed by atoms with E-state index >= 15 is 0 Å². The molecule has 2 N–H and O–H groups in total. The van der Waals surface area contributed by atoms with Gasteiger partial charge in [0.1, 0.15) is 0 Å². The van der Waals surface area contributed by atoms with Crippen molar-refractivity contribution >= 4 is 11.9 Å². The number of carbonyl (C=O) groups excluding carboxylic acids is 1. The van der Waals surface area contributed by atoms with Crippen molar-refractivity contribution in [3.05, 3.63) is 47.7 Å². The van der Waals surface area contributed by atoms with Crippen LogP contribution >= 0.6 is 0 Å². The Bertz CT molecular complexity index is 666. The van der Waals surface area contributed by atoms with Gasteiger partial charge >= 0.3 is 0 Å². The Kier molecular flexibility index (Phi) is 4.09. The minimum Gasteiger partial charge on any atom is -0.481 e. The van der Waals surface area contributed by atoms with Gasteiger partial charge in [-0.2, -0.15) is 10.2 Å². The Hall–Kier alpha value is -3.14. The van der Waals surface area contributed by atoms with Crippen LogP contribution in [0, 0.1) is 11.3 Å². The zero-order chi connectivity index (χ0) is 14.4. The Morgan fingerprint density at radius 3 is 3.00 bits per heavy atom. The molecule has 0 aliphatic rings. The van der Waals surface area contributed by atoms with Gasteiger partial charge in [0.15, 0.2) is 0 Å². The Morgan fingerprint density at radius 1 is 1.40 bits per heavy atom. The number of aromatic nitrogens is 2. The van der Waals surface area contributed by atoms with E-state index < -0.39 is 5.91 Å². The summed E-state index contributed by atoms with van der Waals surface area (Å²) in [6.07, 6.45) is 1.50. The third kappa shape index (κ3) is 3.20. The fourth-order valence-corrected chi connectivity index (χ4v) is 1.43. The summed E-state index contributed by atoms with van der Waals surface area (Å²) >= 11 is 0. The lowest BCUT2D eigenvalue weighted by Gasteiger charge is -2.07. The first-order valence-electron chi connectivity index (χ1n) is 5.66.